The molecule has 3 rings (SSSR count). The number of nitrogens with zero attached hydrogens (tertiary/aromatic N) is 1. The molecule has 2 fully saturated rings. The predicted octanol–water partition coefficient (Wildman–Crippen LogP) is 2.73. The first-order chi connectivity index (χ1) is 9.68. The summed E-state index contributed by atoms with van der Waals surface area (Å²) in [4.78, 5) is 14.6. The van der Waals surface area contributed by atoms with Crippen LogP contribution in [0.1, 0.15) is 36.3 Å². The molecule has 1 aromatic carbocycles. The van der Waals surface area contributed by atoms with Gasteiger partial charge in [-0.15, -0.1) is 12.4 Å². The summed E-state index contributed by atoms with van der Waals surface area (Å²) in [6.45, 7) is 4.22. The van der Waals surface area contributed by atoms with Crippen molar-refractivity contribution in [3.63, 3.8) is 0 Å². The smallest absolute Gasteiger partial charge is 0.226 e. The van der Waals surface area contributed by atoms with Crippen molar-refractivity contribution in [1.29, 1.82) is 0 Å². The minimum Gasteiger partial charge on any atom is -0.342 e. The van der Waals surface area contributed by atoms with Crippen molar-refractivity contribution < 1.29 is 4.79 Å². The number of amides is 1. The van der Waals surface area contributed by atoms with Crippen molar-refractivity contribution in [2.45, 2.75) is 38.1 Å². The molecule has 2 aliphatic rings. The van der Waals surface area contributed by atoms with Crippen LogP contribution in [-0.2, 0) is 4.79 Å². The van der Waals surface area contributed by atoms with E-state index in [0.717, 1.165) is 32.4 Å². The summed E-state index contributed by atoms with van der Waals surface area (Å²) < 4.78 is 0. The fourth-order valence-electron chi connectivity index (χ4n) is 3.45. The molecule has 0 aromatic heterocycles. The molecule has 21 heavy (non-hydrogen) atoms. The first kappa shape index (κ1) is 16.3. The number of benzene rings is 1. The van der Waals surface area contributed by atoms with Gasteiger partial charge < -0.3 is 10.2 Å². The Labute approximate surface area is 133 Å². The van der Waals surface area contributed by atoms with Crippen LogP contribution < -0.4 is 5.32 Å². The summed E-state index contributed by atoms with van der Waals surface area (Å²) in [5, 5.41) is 3.36. The lowest BCUT2D eigenvalue weighted by atomic mass is 10.0. The van der Waals surface area contributed by atoms with E-state index in [-0.39, 0.29) is 18.3 Å². The van der Waals surface area contributed by atoms with Crippen LogP contribution in [0.15, 0.2) is 24.3 Å². The molecule has 2 atom stereocenters. The van der Waals surface area contributed by atoms with Gasteiger partial charge in [-0.2, -0.15) is 0 Å². The molecular formula is C17H25ClN2O. The van der Waals surface area contributed by atoms with Crippen molar-refractivity contribution in [2.24, 2.45) is 5.92 Å². The molecule has 1 heterocycles. The maximum absolute atomic E-state index is 12.6. The predicted molar refractivity (Wildman–Crippen MR) is 87.9 cm³/mol. The van der Waals surface area contributed by atoms with Crippen molar-refractivity contribution in [3.05, 3.63) is 35.4 Å². The van der Waals surface area contributed by atoms with E-state index >= 15 is 0 Å². The largest absolute Gasteiger partial charge is 0.342 e. The summed E-state index contributed by atoms with van der Waals surface area (Å²) in [6, 6.07) is 8.91. The van der Waals surface area contributed by atoms with Crippen LogP contribution in [0.4, 0.5) is 0 Å². The molecule has 2 unspecified atom stereocenters. The number of hydrogen-bond acceptors (Lipinski definition) is 2. The van der Waals surface area contributed by atoms with Crippen molar-refractivity contribution >= 4 is 18.3 Å². The van der Waals surface area contributed by atoms with Gasteiger partial charge in [0.15, 0.2) is 0 Å². The monoisotopic (exact) mass is 308 g/mol. The van der Waals surface area contributed by atoms with Gasteiger partial charge in [0.05, 0.1) is 0 Å². The Kier molecular flexibility index (Phi) is 5.28. The quantitative estimate of drug-likeness (QED) is 0.931. The zero-order valence-electron chi connectivity index (χ0n) is 12.8. The van der Waals surface area contributed by atoms with Gasteiger partial charge in [-0.25, -0.2) is 0 Å². The fourth-order valence-corrected chi connectivity index (χ4v) is 3.45. The van der Waals surface area contributed by atoms with Crippen LogP contribution >= 0.6 is 12.4 Å². The van der Waals surface area contributed by atoms with Crippen LogP contribution in [0.5, 0.6) is 0 Å². The lowest BCUT2D eigenvalue weighted by molar-refractivity contribution is -0.133. The molecule has 1 aliphatic carbocycles. The highest BCUT2D eigenvalue weighted by atomic mass is 35.5. The molecule has 0 radical (unpaired) electrons. The number of carbonyl (C=O) groups excluding carboxylic acids is 1. The second-order valence-electron chi connectivity index (χ2n) is 6.24. The third-order valence-corrected chi connectivity index (χ3v) is 4.90. The number of piperidine rings is 1. The van der Waals surface area contributed by atoms with Crippen molar-refractivity contribution in [2.75, 3.05) is 20.1 Å². The lowest BCUT2D eigenvalue weighted by Crippen LogP contribution is -2.44. The number of rotatable bonds is 3. The minimum absolute atomic E-state index is 0. The standard InChI is InChI=1S/C17H24N2O.ClH/c1-12-5-3-4-6-14(12)15-11-16(15)17(20)19(2)13-7-9-18-10-8-13;/h3-6,13,15-16,18H,7-11H2,1-2H3;1H. The van der Waals surface area contributed by atoms with Crippen LogP contribution in [0.25, 0.3) is 0 Å². The van der Waals surface area contributed by atoms with Crippen molar-refractivity contribution in [3.8, 4) is 0 Å². The summed E-state index contributed by atoms with van der Waals surface area (Å²) in [6.07, 6.45) is 3.20. The Morgan fingerprint density at radius 3 is 2.57 bits per heavy atom. The Morgan fingerprint density at radius 2 is 1.90 bits per heavy atom. The van der Waals surface area contributed by atoms with E-state index in [1.165, 1.54) is 11.1 Å². The van der Waals surface area contributed by atoms with Crippen LogP contribution in [0, 0.1) is 12.8 Å². The molecule has 4 heteroatoms. The highest BCUT2D eigenvalue weighted by molar-refractivity contribution is 5.85. The lowest BCUT2D eigenvalue weighted by Gasteiger charge is -2.32. The SMILES string of the molecule is Cc1ccccc1C1CC1C(=O)N(C)C1CCNCC1.Cl. The summed E-state index contributed by atoms with van der Waals surface area (Å²) in [5.74, 6) is 1.02. The van der Waals surface area contributed by atoms with E-state index in [1.807, 2.05) is 11.9 Å². The normalized spacial score (nSPS) is 25.0. The molecule has 1 amide bonds. The number of aryl methyl sites for hydroxylation is 1. The highest BCUT2D eigenvalue weighted by Crippen LogP contribution is 2.49. The molecule has 1 aliphatic heterocycles. The zero-order chi connectivity index (χ0) is 14.1. The third kappa shape index (κ3) is 3.41. The fraction of sp³-hybridized carbons (Fsp3) is 0.588. The first-order valence-corrected chi connectivity index (χ1v) is 7.71. The van der Waals surface area contributed by atoms with Gasteiger partial charge in [0.25, 0.3) is 0 Å². The topological polar surface area (TPSA) is 32.3 Å². The summed E-state index contributed by atoms with van der Waals surface area (Å²) in [5.41, 5.74) is 2.68. The van der Waals surface area contributed by atoms with Crippen LogP contribution in [-0.4, -0.2) is 37.0 Å². The molecule has 1 aromatic rings. The van der Waals surface area contributed by atoms with Gasteiger partial charge in [-0.1, -0.05) is 24.3 Å². The van der Waals surface area contributed by atoms with Gasteiger partial charge in [0, 0.05) is 19.0 Å². The maximum atomic E-state index is 12.6. The molecule has 0 spiro atoms. The van der Waals surface area contributed by atoms with E-state index in [4.69, 9.17) is 0 Å². The molecule has 1 N–H and O–H groups in total. The van der Waals surface area contributed by atoms with Gasteiger partial charge >= 0.3 is 0 Å². The van der Waals surface area contributed by atoms with Gasteiger partial charge in [0.1, 0.15) is 0 Å². The van der Waals surface area contributed by atoms with E-state index < -0.39 is 0 Å². The Bertz CT molecular complexity index is 499. The average molecular weight is 309 g/mol. The minimum atomic E-state index is 0. The summed E-state index contributed by atoms with van der Waals surface area (Å²) >= 11 is 0. The van der Waals surface area contributed by atoms with E-state index in [9.17, 15) is 4.79 Å². The number of hydrogen-bond donors (Lipinski definition) is 1. The number of carbonyl (C=O) groups is 1. The van der Waals surface area contributed by atoms with Crippen molar-refractivity contribution in [1.82, 2.24) is 10.2 Å². The van der Waals surface area contributed by atoms with E-state index in [2.05, 4.69) is 36.5 Å². The third-order valence-electron chi connectivity index (χ3n) is 4.90. The Balaban J connectivity index is 0.00000161. The average Bonchev–Trinajstić information content (AvgIpc) is 3.27. The Hall–Kier alpha value is -1.06. The van der Waals surface area contributed by atoms with E-state index in [0.29, 0.717) is 17.9 Å². The summed E-state index contributed by atoms with van der Waals surface area (Å²) in [7, 11) is 1.99. The molecular weight excluding hydrogens is 284 g/mol. The number of nitrogens with one attached hydrogen (secondary N) is 1. The Morgan fingerprint density at radius 1 is 1.24 bits per heavy atom. The van der Waals surface area contributed by atoms with Gasteiger partial charge in [-0.05, 0) is 56.3 Å². The van der Waals surface area contributed by atoms with E-state index in [1.54, 1.807) is 0 Å². The first-order valence-electron chi connectivity index (χ1n) is 7.71. The molecule has 1 saturated carbocycles. The molecule has 1 saturated heterocycles. The second kappa shape index (κ2) is 6.80. The second-order valence-corrected chi connectivity index (χ2v) is 6.24. The highest BCUT2D eigenvalue weighted by Gasteiger charge is 2.46. The van der Waals surface area contributed by atoms with Crippen LogP contribution in [0.3, 0.4) is 0 Å². The van der Waals surface area contributed by atoms with Gasteiger partial charge in [0.2, 0.25) is 5.91 Å². The van der Waals surface area contributed by atoms with Gasteiger partial charge in [-0.3, -0.25) is 4.79 Å². The maximum Gasteiger partial charge on any atom is 0.226 e. The molecule has 3 nitrogen and oxygen atoms in total. The van der Waals surface area contributed by atoms with Crippen LogP contribution in [0.2, 0.25) is 0 Å². The molecule has 116 valence electrons. The number of halogens is 1. The molecule has 0 bridgehead atoms. The zero-order valence-corrected chi connectivity index (χ0v) is 13.7.